The van der Waals surface area contributed by atoms with Crippen LogP contribution in [0.15, 0.2) is 115 Å². The van der Waals surface area contributed by atoms with Crippen molar-refractivity contribution in [1.82, 2.24) is 15.0 Å². The van der Waals surface area contributed by atoms with Crippen molar-refractivity contribution in [3.63, 3.8) is 0 Å². The number of benzene rings is 4. The normalized spacial score (nSPS) is 16.1. The van der Waals surface area contributed by atoms with Crippen molar-refractivity contribution >= 4 is 48.7 Å². The van der Waals surface area contributed by atoms with E-state index >= 15 is 0 Å². The smallest absolute Gasteiger partial charge is 0.234 e. The number of hydrogen-bond donors (Lipinski definition) is 0. The Morgan fingerprint density at radius 1 is 0.684 bits per heavy atom. The summed E-state index contributed by atoms with van der Waals surface area (Å²) in [7, 11) is 0. The first-order chi connectivity index (χ1) is 18.8. The molecule has 0 amide bonds. The van der Waals surface area contributed by atoms with Crippen molar-refractivity contribution in [3.05, 3.63) is 121 Å². The molecule has 0 N–H and O–H groups in total. The predicted octanol–water partition coefficient (Wildman–Crippen LogP) is 8.44. The summed E-state index contributed by atoms with van der Waals surface area (Å²) in [5, 5.41) is 2.57. The number of allylic oxidation sites excluding steroid dienone is 2. The van der Waals surface area contributed by atoms with Crippen LogP contribution in [-0.2, 0) is 0 Å². The Labute approximate surface area is 224 Å². The zero-order valence-corrected chi connectivity index (χ0v) is 21.3. The van der Waals surface area contributed by atoms with Gasteiger partial charge in [-0.05, 0) is 30.2 Å². The second-order valence-electron chi connectivity index (χ2n) is 9.65. The zero-order chi connectivity index (χ0) is 25.1. The van der Waals surface area contributed by atoms with Crippen molar-refractivity contribution in [1.29, 1.82) is 0 Å². The Morgan fingerprint density at radius 3 is 2.11 bits per heavy atom. The van der Waals surface area contributed by atoms with E-state index in [1.54, 1.807) is 0 Å². The van der Waals surface area contributed by atoms with Crippen LogP contribution in [0.1, 0.15) is 12.0 Å². The van der Waals surface area contributed by atoms with E-state index in [-0.39, 0.29) is 6.04 Å². The third-order valence-electron chi connectivity index (χ3n) is 7.41. The monoisotopic (exact) mass is 506 g/mol. The molecule has 8 rings (SSSR count). The number of fused-ring (bicyclic) bond motifs is 6. The molecule has 1 aliphatic carbocycles. The van der Waals surface area contributed by atoms with Crippen LogP contribution in [-0.4, -0.2) is 21.0 Å². The topological polar surface area (TPSA) is 41.9 Å². The second-order valence-corrected chi connectivity index (χ2v) is 10.7. The number of rotatable bonds is 3. The quantitative estimate of drug-likeness (QED) is 0.241. The van der Waals surface area contributed by atoms with Gasteiger partial charge in [0, 0.05) is 36.9 Å². The molecule has 2 aromatic heterocycles. The van der Waals surface area contributed by atoms with Crippen LogP contribution in [0.25, 0.3) is 48.5 Å². The van der Waals surface area contributed by atoms with E-state index in [0.29, 0.717) is 17.6 Å². The maximum Gasteiger partial charge on any atom is 0.234 e. The van der Waals surface area contributed by atoms with Gasteiger partial charge in [0.2, 0.25) is 5.95 Å². The molecule has 4 nitrogen and oxygen atoms in total. The van der Waals surface area contributed by atoms with Gasteiger partial charge >= 0.3 is 0 Å². The molecule has 1 unspecified atom stereocenters. The second kappa shape index (κ2) is 8.47. The van der Waals surface area contributed by atoms with E-state index in [1.807, 2.05) is 47.7 Å². The highest BCUT2D eigenvalue weighted by molar-refractivity contribution is 7.25. The first-order valence-electron chi connectivity index (χ1n) is 12.8. The van der Waals surface area contributed by atoms with Crippen molar-refractivity contribution in [2.75, 3.05) is 4.90 Å². The van der Waals surface area contributed by atoms with E-state index in [0.717, 1.165) is 23.2 Å². The van der Waals surface area contributed by atoms with Crippen LogP contribution in [0, 0.1) is 0 Å². The summed E-state index contributed by atoms with van der Waals surface area (Å²) in [6, 6.07) is 33.9. The summed E-state index contributed by atoms with van der Waals surface area (Å²) in [4.78, 5) is 17.4. The lowest BCUT2D eigenvalue weighted by molar-refractivity contribution is 0.798. The van der Waals surface area contributed by atoms with E-state index in [9.17, 15) is 0 Å². The third kappa shape index (κ3) is 3.32. The first kappa shape index (κ1) is 21.5. The summed E-state index contributed by atoms with van der Waals surface area (Å²) < 4.78 is 2.62. The van der Waals surface area contributed by atoms with Gasteiger partial charge in [0.15, 0.2) is 11.6 Å². The van der Waals surface area contributed by atoms with Crippen molar-refractivity contribution < 1.29 is 0 Å². The van der Waals surface area contributed by atoms with Gasteiger partial charge in [0.05, 0.1) is 11.7 Å². The lowest BCUT2D eigenvalue weighted by Gasteiger charge is -2.27. The molecule has 3 heterocycles. The van der Waals surface area contributed by atoms with Gasteiger partial charge in [-0.2, -0.15) is 9.97 Å². The zero-order valence-electron chi connectivity index (χ0n) is 20.5. The maximum atomic E-state index is 5.09. The number of hydrogen-bond acceptors (Lipinski definition) is 5. The lowest BCUT2D eigenvalue weighted by atomic mass is 9.95. The maximum absolute atomic E-state index is 5.09. The molecule has 1 atom stereocenters. The highest BCUT2D eigenvalue weighted by atomic mass is 32.1. The fraction of sp³-hybridized carbons (Fsp3) is 0.0606. The van der Waals surface area contributed by atoms with Crippen LogP contribution >= 0.6 is 11.3 Å². The van der Waals surface area contributed by atoms with E-state index < -0.39 is 0 Å². The summed E-state index contributed by atoms with van der Waals surface area (Å²) in [6.07, 6.45) is 7.57. The summed E-state index contributed by atoms with van der Waals surface area (Å²) >= 11 is 1.86. The number of anilines is 2. The highest BCUT2D eigenvalue weighted by Gasteiger charge is 2.37. The molecule has 0 spiro atoms. The largest absolute Gasteiger partial charge is 0.302 e. The SMILES string of the molecule is C1=CCC2C(=C1)c1cc3sc4ccccc4c3cc1N2c1nc(-c2ccccc2)nc(-c2ccccc2)n1. The molecule has 0 bridgehead atoms. The minimum absolute atomic E-state index is 0.146. The van der Waals surface area contributed by atoms with Crippen molar-refractivity contribution in [2.45, 2.75) is 12.5 Å². The van der Waals surface area contributed by atoms with E-state index in [4.69, 9.17) is 15.0 Å². The summed E-state index contributed by atoms with van der Waals surface area (Å²) in [6.45, 7) is 0. The van der Waals surface area contributed by atoms with Gasteiger partial charge in [-0.1, -0.05) is 97.1 Å². The van der Waals surface area contributed by atoms with Gasteiger partial charge in [-0.25, -0.2) is 4.98 Å². The molecule has 6 aromatic rings. The Hall–Kier alpha value is -4.61. The van der Waals surface area contributed by atoms with Gasteiger partial charge in [0.1, 0.15) is 0 Å². The van der Waals surface area contributed by atoms with Crippen LogP contribution in [0.5, 0.6) is 0 Å². The molecule has 0 saturated carbocycles. The van der Waals surface area contributed by atoms with Crippen molar-refractivity contribution in [2.24, 2.45) is 0 Å². The molecule has 0 radical (unpaired) electrons. The first-order valence-corrected chi connectivity index (χ1v) is 13.6. The number of nitrogens with zero attached hydrogens (tertiary/aromatic N) is 4. The summed E-state index contributed by atoms with van der Waals surface area (Å²) in [5.41, 5.74) is 5.70. The Bertz CT molecular complexity index is 1850. The van der Waals surface area contributed by atoms with Gasteiger partial charge in [-0.15, -0.1) is 11.3 Å². The Morgan fingerprint density at radius 2 is 1.37 bits per heavy atom. The molecule has 1 aliphatic heterocycles. The fourth-order valence-electron chi connectivity index (χ4n) is 5.64. The third-order valence-corrected chi connectivity index (χ3v) is 8.54. The molecule has 2 aliphatic rings. The van der Waals surface area contributed by atoms with E-state index in [2.05, 4.69) is 83.8 Å². The van der Waals surface area contributed by atoms with Crippen LogP contribution in [0.3, 0.4) is 0 Å². The Kier molecular flexibility index (Phi) is 4.79. The summed E-state index contributed by atoms with van der Waals surface area (Å²) in [5.74, 6) is 2.05. The molecule has 4 aromatic carbocycles. The highest BCUT2D eigenvalue weighted by Crippen LogP contribution is 2.50. The molecule has 0 saturated heterocycles. The average Bonchev–Trinajstić information content (AvgIpc) is 3.51. The lowest BCUT2D eigenvalue weighted by Crippen LogP contribution is -2.29. The number of aromatic nitrogens is 3. The van der Waals surface area contributed by atoms with Crippen LogP contribution in [0.4, 0.5) is 11.6 Å². The van der Waals surface area contributed by atoms with Gasteiger partial charge in [-0.3, -0.25) is 0 Å². The molecular formula is C33H22N4S. The minimum atomic E-state index is 0.146. The fourth-order valence-corrected chi connectivity index (χ4v) is 6.77. The predicted molar refractivity (Wildman–Crippen MR) is 158 cm³/mol. The van der Waals surface area contributed by atoms with E-state index in [1.165, 1.54) is 31.3 Å². The number of thiophene rings is 1. The van der Waals surface area contributed by atoms with Crippen LogP contribution < -0.4 is 4.90 Å². The molecule has 180 valence electrons. The van der Waals surface area contributed by atoms with Crippen molar-refractivity contribution in [3.8, 4) is 22.8 Å². The minimum Gasteiger partial charge on any atom is -0.302 e. The molecule has 5 heteroatoms. The van der Waals surface area contributed by atoms with Gasteiger partial charge in [0.25, 0.3) is 0 Å². The Balaban J connectivity index is 1.39. The molecule has 0 fully saturated rings. The van der Waals surface area contributed by atoms with Crippen LogP contribution in [0.2, 0.25) is 0 Å². The standard InChI is InChI=1S/C33H22N4S/c1-3-11-21(12-4-1)31-34-32(22-13-5-2-6-14-22)36-33(35-31)37-27-17-9-7-15-23(27)25-20-30-26(19-28(25)37)24-16-8-10-18-29(24)38-30/h1-16,18-20,27H,17H2. The molecule has 38 heavy (non-hydrogen) atoms. The average molecular weight is 507 g/mol. The van der Waals surface area contributed by atoms with Gasteiger partial charge < -0.3 is 4.90 Å². The molecular weight excluding hydrogens is 484 g/mol.